The molecule has 0 atom stereocenters. The number of rotatable bonds is 7. The number of H-pyrrole nitrogens is 1. The van der Waals surface area contributed by atoms with Gasteiger partial charge in [0.2, 0.25) is 0 Å². The van der Waals surface area contributed by atoms with Crippen LogP contribution in [0.1, 0.15) is 48.4 Å². The molecule has 0 amide bonds. The molecule has 0 saturated carbocycles. The Balaban J connectivity index is 1.98. The minimum atomic E-state index is -4.71. The monoisotopic (exact) mass is 438 g/mol. The maximum absolute atomic E-state index is 13.2. The Hall–Kier alpha value is -3.37. The van der Waals surface area contributed by atoms with Crippen LogP contribution in [0.4, 0.5) is 13.2 Å². The number of ether oxygens (including phenoxy) is 1. The van der Waals surface area contributed by atoms with E-state index in [0.29, 0.717) is 13.0 Å². The lowest BCUT2D eigenvalue weighted by Crippen LogP contribution is -2.31. The lowest BCUT2D eigenvalue weighted by molar-refractivity contribution is -0.138. The largest absolute Gasteiger partial charge is 0.454 e. The van der Waals surface area contributed by atoms with Crippen molar-refractivity contribution in [2.45, 2.75) is 52.6 Å². The van der Waals surface area contributed by atoms with Crippen molar-refractivity contribution >= 4 is 17.1 Å². The van der Waals surface area contributed by atoms with E-state index in [0.717, 1.165) is 18.6 Å². The van der Waals surface area contributed by atoms with Crippen molar-refractivity contribution in [1.29, 1.82) is 0 Å². The summed E-state index contributed by atoms with van der Waals surface area (Å²) < 4.78 is 47.4. The van der Waals surface area contributed by atoms with Gasteiger partial charge in [0.05, 0.1) is 11.1 Å². The van der Waals surface area contributed by atoms with Gasteiger partial charge in [0.15, 0.2) is 11.2 Å². The molecule has 166 valence electrons. The molecular formula is C20H21F3N4O4. The molecule has 2 heterocycles. The molecule has 3 aromatic rings. The molecule has 3 rings (SSSR count). The number of aromatic nitrogens is 4. The van der Waals surface area contributed by atoms with E-state index in [1.54, 1.807) is 6.92 Å². The van der Waals surface area contributed by atoms with Crippen LogP contribution < -0.4 is 11.2 Å². The van der Waals surface area contributed by atoms with Crippen LogP contribution in [0.15, 0.2) is 33.9 Å². The number of nitrogens with zero attached hydrogens (tertiary/aromatic N) is 3. The van der Waals surface area contributed by atoms with Gasteiger partial charge in [0, 0.05) is 13.1 Å². The highest BCUT2D eigenvalue weighted by molar-refractivity contribution is 5.91. The highest BCUT2D eigenvalue weighted by atomic mass is 19.4. The Labute approximate surface area is 174 Å². The van der Waals surface area contributed by atoms with E-state index in [1.807, 2.05) is 6.92 Å². The van der Waals surface area contributed by atoms with Gasteiger partial charge in [0.1, 0.15) is 12.4 Å². The third-order valence-corrected chi connectivity index (χ3v) is 4.80. The summed E-state index contributed by atoms with van der Waals surface area (Å²) in [4.78, 5) is 43.5. The fraction of sp³-hybridized carbons (Fsp3) is 0.400. The molecule has 0 saturated heterocycles. The van der Waals surface area contributed by atoms with Crippen LogP contribution in [0, 0.1) is 0 Å². The first-order valence-corrected chi connectivity index (χ1v) is 9.74. The number of alkyl halides is 3. The van der Waals surface area contributed by atoms with Crippen LogP contribution in [0.25, 0.3) is 11.2 Å². The van der Waals surface area contributed by atoms with E-state index in [-0.39, 0.29) is 23.5 Å². The maximum atomic E-state index is 13.2. The van der Waals surface area contributed by atoms with Gasteiger partial charge < -0.3 is 9.30 Å². The highest BCUT2D eigenvalue weighted by Gasteiger charge is 2.35. The van der Waals surface area contributed by atoms with Crippen LogP contribution in [-0.2, 0) is 30.6 Å². The summed E-state index contributed by atoms with van der Waals surface area (Å²) in [5.74, 6) is -1.02. The number of nitrogens with one attached hydrogen (secondary N) is 1. The van der Waals surface area contributed by atoms with Crippen LogP contribution in [0.2, 0.25) is 0 Å². The van der Waals surface area contributed by atoms with Crippen molar-refractivity contribution in [3.63, 3.8) is 0 Å². The van der Waals surface area contributed by atoms with Crippen molar-refractivity contribution in [3.8, 4) is 0 Å². The second kappa shape index (κ2) is 8.78. The molecule has 0 radical (unpaired) electrons. The summed E-state index contributed by atoms with van der Waals surface area (Å²) >= 11 is 0. The first-order chi connectivity index (χ1) is 14.7. The zero-order valence-electron chi connectivity index (χ0n) is 17.0. The predicted octanol–water partition coefficient (Wildman–Crippen LogP) is 3.08. The molecule has 1 N–H and O–H groups in total. The minimum absolute atomic E-state index is 0.139. The normalized spacial score (nSPS) is 11.8. The topological polar surface area (TPSA) is 99.0 Å². The molecule has 0 spiro atoms. The number of carbonyl (C=O) groups is 1. The Morgan fingerprint density at radius 3 is 2.52 bits per heavy atom. The van der Waals surface area contributed by atoms with Crippen LogP contribution in [-0.4, -0.2) is 25.1 Å². The highest BCUT2D eigenvalue weighted by Crippen LogP contribution is 2.32. The van der Waals surface area contributed by atoms with Gasteiger partial charge in [-0.05, 0) is 25.5 Å². The molecule has 0 aliphatic heterocycles. The summed E-state index contributed by atoms with van der Waals surface area (Å²) in [5.41, 5.74) is -2.68. The van der Waals surface area contributed by atoms with E-state index in [2.05, 4.69) is 9.97 Å². The molecule has 0 bridgehead atoms. The lowest BCUT2D eigenvalue weighted by atomic mass is 10.1. The SMILES string of the molecule is CCCCn1c(=O)[nH]c(=O)c2c1nc(COC(=O)c1ccccc1C(F)(F)F)n2CC. The number of hydrogen-bond donors (Lipinski definition) is 1. The van der Waals surface area contributed by atoms with Crippen molar-refractivity contribution in [2.75, 3.05) is 0 Å². The van der Waals surface area contributed by atoms with Crippen molar-refractivity contribution < 1.29 is 22.7 Å². The summed E-state index contributed by atoms with van der Waals surface area (Å²) in [7, 11) is 0. The van der Waals surface area contributed by atoms with Gasteiger partial charge in [-0.25, -0.2) is 14.6 Å². The zero-order valence-corrected chi connectivity index (χ0v) is 17.0. The Kier molecular flexibility index (Phi) is 6.32. The number of aromatic amines is 1. The van der Waals surface area contributed by atoms with E-state index >= 15 is 0 Å². The smallest absolute Gasteiger partial charge is 0.417 e. The number of halogens is 3. The van der Waals surface area contributed by atoms with Gasteiger partial charge in [-0.1, -0.05) is 25.5 Å². The van der Waals surface area contributed by atoms with Gasteiger partial charge in [-0.2, -0.15) is 13.2 Å². The van der Waals surface area contributed by atoms with Crippen molar-refractivity contribution in [2.24, 2.45) is 0 Å². The standard InChI is InChI=1S/C20H21F3N4O4/c1-3-5-10-27-16-15(17(28)25-19(27)30)26(4-2)14(24-16)11-31-18(29)12-8-6-7-9-13(12)20(21,22)23/h6-9H,3-5,10-11H2,1-2H3,(H,25,28,30). The zero-order chi connectivity index (χ0) is 22.8. The quantitative estimate of drug-likeness (QED) is 0.572. The van der Waals surface area contributed by atoms with Crippen LogP contribution in [0.3, 0.4) is 0 Å². The van der Waals surface area contributed by atoms with Crippen LogP contribution in [0.5, 0.6) is 0 Å². The maximum Gasteiger partial charge on any atom is 0.417 e. The number of hydrogen-bond acceptors (Lipinski definition) is 5. The summed E-state index contributed by atoms with van der Waals surface area (Å²) in [6.45, 7) is 3.82. The average Bonchev–Trinajstić information content (AvgIpc) is 3.10. The van der Waals surface area contributed by atoms with Crippen molar-refractivity contribution in [1.82, 2.24) is 19.1 Å². The number of esters is 1. The summed E-state index contributed by atoms with van der Waals surface area (Å²) in [6.07, 6.45) is -3.22. The predicted molar refractivity (Wildman–Crippen MR) is 106 cm³/mol. The molecule has 11 heteroatoms. The van der Waals surface area contributed by atoms with Gasteiger partial charge in [-0.3, -0.25) is 14.3 Å². The minimum Gasteiger partial charge on any atom is -0.454 e. The summed E-state index contributed by atoms with van der Waals surface area (Å²) in [5, 5.41) is 0. The van der Waals surface area contributed by atoms with Gasteiger partial charge in [-0.15, -0.1) is 0 Å². The first-order valence-electron chi connectivity index (χ1n) is 9.74. The third-order valence-electron chi connectivity index (χ3n) is 4.80. The molecule has 1 aromatic carbocycles. The summed E-state index contributed by atoms with van der Waals surface area (Å²) in [6, 6.07) is 4.31. The molecule has 0 aliphatic rings. The first kappa shape index (κ1) is 22.3. The van der Waals surface area contributed by atoms with E-state index in [9.17, 15) is 27.6 Å². The Bertz CT molecular complexity index is 1220. The number of aryl methyl sites for hydroxylation is 2. The number of carbonyl (C=O) groups excluding carboxylic acids is 1. The molecular weight excluding hydrogens is 417 g/mol. The van der Waals surface area contributed by atoms with E-state index in [4.69, 9.17) is 4.74 Å². The number of benzene rings is 1. The number of unbranched alkanes of at least 4 members (excludes halogenated alkanes) is 1. The fourth-order valence-electron chi connectivity index (χ4n) is 3.31. The average molecular weight is 438 g/mol. The second-order valence-electron chi connectivity index (χ2n) is 6.83. The molecule has 8 nitrogen and oxygen atoms in total. The van der Waals surface area contributed by atoms with E-state index < -0.39 is 41.1 Å². The second-order valence-corrected chi connectivity index (χ2v) is 6.83. The lowest BCUT2D eigenvalue weighted by Gasteiger charge is -2.12. The number of imidazole rings is 1. The van der Waals surface area contributed by atoms with E-state index in [1.165, 1.54) is 21.3 Å². The number of fused-ring (bicyclic) bond motifs is 1. The van der Waals surface area contributed by atoms with Crippen molar-refractivity contribution in [3.05, 3.63) is 62.1 Å². The van der Waals surface area contributed by atoms with Gasteiger partial charge in [0.25, 0.3) is 5.56 Å². The molecule has 2 aromatic heterocycles. The van der Waals surface area contributed by atoms with Gasteiger partial charge >= 0.3 is 17.8 Å². The molecule has 0 unspecified atom stereocenters. The molecule has 31 heavy (non-hydrogen) atoms. The molecule has 0 fully saturated rings. The molecule has 0 aliphatic carbocycles. The van der Waals surface area contributed by atoms with Crippen LogP contribution >= 0.6 is 0 Å². The Morgan fingerprint density at radius 2 is 1.87 bits per heavy atom. The fourth-order valence-corrected chi connectivity index (χ4v) is 3.31. The third kappa shape index (κ3) is 4.39. The Morgan fingerprint density at radius 1 is 1.16 bits per heavy atom.